The molecule has 0 saturated carbocycles. The van der Waals surface area contributed by atoms with E-state index in [9.17, 15) is 9.59 Å². The molecule has 1 aliphatic heterocycles. The van der Waals surface area contributed by atoms with Gasteiger partial charge in [-0.3, -0.25) is 5.32 Å². The number of hydrogen-bond donors (Lipinski definition) is 1. The van der Waals surface area contributed by atoms with Crippen molar-refractivity contribution in [3.63, 3.8) is 0 Å². The number of amides is 2. The van der Waals surface area contributed by atoms with Crippen LogP contribution in [0, 0.1) is 0 Å². The summed E-state index contributed by atoms with van der Waals surface area (Å²) in [4.78, 5) is 25.7. The lowest BCUT2D eigenvalue weighted by Gasteiger charge is -2.33. The van der Waals surface area contributed by atoms with Gasteiger partial charge in [0.1, 0.15) is 17.5 Å². The van der Waals surface area contributed by atoms with Crippen LogP contribution in [0.2, 0.25) is 0 Å². The van der Waals surface area contributed by atoms with Crippen LogP contribution in [-0.2, 0) is 4.74 Å². The second-order valence-electron chi connectivity index (χ2n) is 7.87. The van der Waals surface area contributed by atoms with Gasteiger partial charge in [-0.15, -0.1) is 10.2 Å². The molecule has 2 heterocycles. The molecule has 2 amide bonds. The molecule has 0 aliphatic carbocycles. The number of anilines is 1. The molecule has 1 aliphatic rings. The predicted molar refractivity (Wildman–Crippen MR) is 110 cm³/mol. The first kappa shape index (κ1) is 21.4. The summed E-state index contributed by atoms with van der Waals surface area (Å²) in [5.74, 6) is 1.04. The number of nitrogens with zero attached hydrogens (tertiary/aromatic N) is 3. The highest BCUT2D eigenvalue weighted by Gasteiger charge is 2.27. The Labute approximate surface area is 175 Å². The predicted octanol–water partition coefficient (Wildman–Crippen LogP) is 3.87. The van der Waals surface area contributed by atoms with Crippen LogP contribution in [0.4, 0.5) is 15.4 Å². The van der Waals surface area contributed by atoms with Crippen molar-refractivity contribution in [2.45, 2.75) is 45.3 Å². The zero-order valence-electron chi connectivity index (χ0n) is 17.3. The van der Waals surface area contributed by atoms with E-state index in [0.29, 0.717) is 37.6 Å². The summed E-state index contributed by atoms with van der Waals surface area (Å²) in [5, 5.41) is 10.4. The van der Waals surface area contributed by atoms with Gasteiger partial charge in [-0.25, -0.2) is 9.59 Å². The number of ether oxygens (including phenoxy) is 3. The van der Waals surface area contributed by atoms with E-state index in [2.05, 4.69) is 15.5 Å². The lowest BCUT2D eigenvalue weighted by atomic mass is 10.1. The van der Waals surface area contributed by atoms with Crippen molar-refractivity contribution in [1.29, 1.82) is 0 Å². The molecule has 9 nitrogen and oxygen atoms in total. The van der Waals surface area contributed by atoms with Gasteiger partial charge in [-0.2, -0.15) is 0 Å². The Hall–Kier alpha value is -3.36. The van der Waals surface area contributed by atoms with Crippen LogP contribution < -0.4 is 14.8 Å². The zero-order chi connectivity index (χ0) is 21.6. The Morgan fingerprint density at radius 2 is 1.73 bits per heavy atom. The van der Waals surface area contributed by atoms with E-state index < -0.39 is 11.7 Å². The van der Waals surface area contributed by atoms with Gasteiger partial charge >= 0.3 is 12.2 Å². The topological polar surface area (TPSA) is 103 Å². The minimum atomic E-state index is -0.654. The van der Waals surface area contributed by atoms with E-state index in [1.165, 1.54) is 0 Å². The SMILES string of the molecule is CC(C)(C)OC(=O)N1CCC(Oc2ccc(NC(=O)Oc3ccccc3)nn2)CC1. The molecule has 0 radical (unpaired) electrons. The van der Waals surface area contributed by atoms with Crippen molar-refractivity contribution >= 4 is 18.0 Å². The first-order valence-corrected chi connectivity index (χ1v) is 9.81. The molecule has 1 saturated heterocycles. The third-order valence-corrected chi connectivity index (χ3v) is 4.21. The maximum absolute atomic E-state index is 12.1. The Kier molecular flexibility index (Phi) is 6.71. The summed E-state index contributed by atoms with van der Waals surface area (Å²) < 4.78 is 16.4. The second-order valence-corrected chi connectivity index (χ2v) is 7.87. The molecule has 160 valence electrons. The normalized spacial score (nSPS) is 14.7. The quantitative estimate of drug-likeness (QED) is 0.810. The van der Waals surface area contributed by atoms with E-state index in [1.54, 1.807) is 41.3 Å². The van der Waals surface area contributed by atoms with E-state index in [1.807, 2.05) is 26.8 Å². The molecule has 1 fully saturated rings. The number of carbonyl (C=O) groups excluding carboxylic acids is 2. The molecule has 1 aromatic carbocycles. The van der Waals surface area contributed by atoms with E-state index in [0.717, 1.165) is 0 Å². The monoisotopic (exact) mass is 414 g/mol. The molecule has 9 heteroatoms. The lowest BCUT2D eigenvalue weighted by molar-refractivity contribution is 0.0122. The minimum absolute atomic E-state index is 0.0696. The van der Waals surface area contributed by atoms with Crippen LogP contribution in [0.3, 0.4) is 0 Å². The largest absolute Gasteiger partial charge is 0.473 e. The Balaban J connectivity index is 1.44. The van der Waals surface area contributed by atoms with Crippen molar-refractivity contribution in [3.8, 4) is 11.6 Å². The number of carbonyl (C=O) groups is 2. The number of nitrogens with one attached hydrogen (secondary N) is 1. The Morgan fingerprint density at radius 3 is 2.33 bits per heavy atom. The summed E-state index contributed by atoms with van der Waals surface area (Å²) in [6, 6.07) is 11.9. The van der Waals surface area contributed by atoms with Gasteiger partial charge in [0.05, 0.1) is 0 Å². The highest BCUT2D eigenvalue weighted by Crippen LogP contribution is 2.20. The highest BCUT2D eigenvalue weighted by molar-refractivity contribution is 5.84. The third-order valence-electron chi connectivity index (χ3n) is 4.21. The second kappa shape index (κ2) is 9.43. The van der Waals surface area contributed by atoms with Crippen molar-refractivity contribution in [2.75, 3.05) is 18.4 Å². The van der Waals surface area contributed by atoms with Crippen LogP contribution >= 0.6 is 0 Å². The number of benzene rings is 1. The van der Waals surface area contributed by atoms with E-state index in [-0.39, 0.29) is 18.0 Å². The fourth-order valence-electron chi connectivity index (χ4n) is 2.83. The molecule has 1 N–H and O–H groups in total. The molecule has 0 atom stereocenters. The smallest absolute Gasteiger partial charge is 0.418 e. The average molecular weight is 414 g/mol. The van der Waals surface area contributed by atoms with Crippen molar-refractivity contribution in [1.82, 2.24) is 15.1 Å². The maximum Gasteiger partial charge on any atom is 0.418 e. The first-order valence-electron chi connectivity index (χ1n) is 9.81. The summed E-state index contributed by atoms with van der Waals surface area (Å²) in [5.41, 5.74) is -0.511. The molecule has 0 bridgehead atoms. The van der Waals surface area contributed by atoms with Crippen molar-refractivity contribution < 1.29 is 23.8 Å². The van der Waals surface area contributed by atoms with Crippen LogP contribution in [0.15, 0.2) is 42.5 Å². The van der Waals surface area contributed by atoms with E-state index >= 15 is 0 Å². The van der Waals surface area contributed by atoms with Crippen LogP contribution in [0.1, 0.15) is 33.6 Å². The van der Waals surface area contributed by atoms with Gasteiger partial charge in [-0.1, -0.05) is 18.2 Å². The number of piperidine rings is 1. The molecular formula is C21H26N4O5. The number of rotatable bonds is 4. The molecular weight excluding hydrogens is 388 g/mol. The zero-order valence-corrected chi connectivity index (χ0v) is 17.3. The lowest BCUT2D eigenvalue weighted by Crippen LogP contribution is -2.44. The fraction of sp³-hybridized carbons (Fsp3) is 0.429. The van der Waals surface area contributed by atoms with Crippen molar-refractivity contribution in [2.24, 2.45) is 0 Å². The van der Waals surface area contributed by atoms with Gasteiger partial charge < -0.3 is 19.1 Å². The summed E-state index contributed by atoms with van der Waals surface area (Å²) in [6.07, 6.45) is 0.311. The van der Waals surface area contributed by atoms with Crippen LogP contribution in [0.5, 0.6) is 11.6 Å². The molecule has 0 unspecified atom stereocenters. The number of hydrogen-bond acceptors (Lipinski definition) is 7. The molecule has 0 spiro atoms. The highest BCUT2D eigenvalue weighted by atomic mass is 16.6. The summed E-state index contributed by atoms with van der Waals surface area (Å²) in [6.45, 7) is 6.65. The minimum Gasteiger partial charge on any atom is -0.473 e. The van der Waals surface area contributed by atoms with Crippen LogP contribution in [-0.4, -0.2) is 52.1 Å². The standard InChI is InChI=1S/C21H26N4O5/c1-21(2,3)30-20(27)25-13-11-16(12-14-25)28-18-10-9-17(23-24-18)22-19(26)29-15-7-5-4-6-8-15/h4-10,16H,11-14H2,1-3H3,(H,22,23,26). The Bertz CT molecular complexity index is 844. The molecule has 2 aromatic rings. The van der Waals surface area contributed by atoms with Gasteiger partial charge in [0.15, 0.2) is 5.82 Å². The molecule has 1 aromatic heterocycles. The number of aromatic nitrogens is 2. The summed E-state index contributed by atoms with van der Waals surface area (Å²) >= 11 is 0. The van der Waals surface area contributed by atoms with Gasteiger partial charge in [0.25, 0.3) is 0 Å². The summed E-state index contributed by atoms with van der Waals surface area (Å²) in [7, 11) is 0. The van der Waals surface area contributed by atoms with Crippen molar-refractivity contribution in [3.05, 3.63) is 42.5 Å². The van der Waals surface area contributed by atoms with Gasteiger partial charge in [-0.05, 0) is 39.0 Å². The van der Waals surface area contributed by atoms with Crippen LogP contribution in [0.25, 0.3) is 0 Å². The average Bonchev–Trinajstić information content (AvgIpc) is 2.69. The fourth-order valence-corrected chi connectivity index (χ4v) is 2.83. The first-order chi connectivity index (χ1) is 14.3. The maximum atomic E-state index is 12.1. The van der Waals surface area contributed by atoms with E-state index in [4.69, 9.17) is 14.2 Å². The van der Waals surface area contributed by atoms with Gasteiger partial charge in [0.2, 0.25) is 5.88 Å². The Morgan fingerprint density at radius 1 is 1.03 bits per heavy atom. The number of likely N-dealkylation sites (tertiary alicyclic amines) is 1. The van der Waals surface area contributed by atoms with Gasteiger partial charge in [0, 0.05) is 32.0 Å². The third kappa shape index (κ3) is 6.61. The number of para-hydroxylation sites is 1. The molecule has 3 rings (SSSR count). The molecule has 30 heavy (non-hydrogen) atoms.